The summed E-state index contributed by atoms with van der Waals surface area (Å²) in [5, 5.41) is 0. The highest BCUT2D eigenvalue weighted by atomic mass is 32.2. The Labute approximate surface area is 138 Å². The molecule has 2 rings (SSSR count). The van der Waals surface area contributed by atoms with Gasteiger partial charge in [-0.1, -0.05) is 25.5 Å². The minimum atomic E-state index is -3.50. The average Bonchev–Trinajstić information content (AvgIpc) is 2.59. The van der Waals surface area contributed by atoms with E-state index in [9.17, 15) is 13.2 Å². The molecule has 1 saturated heterocycles. The summed E-state index contributed by atoms with van der Waals surface area (Å²) in [5.74, 6) is 0. The number of sulfonamides is 1. The zero-order valence-corrected chi connectivity index (χ0v) is 14.5. The number of amides is 1. The number of piperazine rings is 1. The van der Waals surface area contributed by atoms with Crippen LogP contribution in [0.25, 0.3) is 0 Å². The van der Waals surface area contributed by atoms with Crippen LogP contribution in [0.2, 0.25) is 0 Å². The number of nitrogens with zero attached hydrogens (tertiary/aromatic N) is 2. The predicted octanol–water partition coefficient (Wildman–Crippen LogP) is 2.10. The first-order valence-electron chi connectivity index (χ1n) is 7.91. The maximum Gasteiger partial charge on any atom is 0.409 e. The number of rotatable bonds is 5. The van der Waals surface area contributed by atoms with Gasteiger partial charge in [-0.2, -0.15) is 4.31 Å². The van der Waals surface area contributed by atoms with Gasteiger partial charge in [-0.3, -0.25) is 0 Å². The zero-order chi connectivity index (χ0) is 16.9. The molecule has 0 bridgehead atoms. The number of hydrogen-bond acceptors (Lipinski definition) is 4. The average molecular weight is 340 g/mol. The van der Waals surface area contributed by atoms with Crippen LogP contribution in [0.4, 0.5) is 4.79 Å². The third-order valence-corrected chi connectivity index (χ3v) is 5.96. The molecule has 0 radical (unpaired) electrons. The standard InChI is InChI=1S/C16H24N2O4S/c1-3-4-5-14-6-8-15(9-7-14)23(20,21)18-12-10-17(11-13-18)16(19)22-2/h6-9H,3-5,10-13H2,1-2H3. The van der Waals surface area contributed by atoms with Crippen molar-refractivity contribution in [2.75, 3.05) is 33.3 Å². The molecule has 7 heteroatoms. The minimum Gasteiger partial charge on any atom is -0.453 e. The third kappa shape index (κ3) is 4.23. The maximum absolute atomic E-state index is 12.6. The van der Waals surface area contributed by atoms with Crippen molar-refractivity contribution in [2.45, 2.75) is 31.1 Å². The van der Waals surface area contributed by atoms with Gasteiger partial charge in [-0.15, -0.1) is 0 Å². The number of benzene rings is 1. The molecule has 1 aromatic carbocycles. The molecule has 6 nitrogen and oxygen atoms in total. The van der Waals surface area contributed by atoms with Crippen LogP contribution in [0, 0.1) is 0 Å². The van der Waals surface area contributed by atoms with Gasteiger partial charge in [0.05, 0.1) is 12.0 Å². The number of methoxy groups -OCH3 is 1. The second-order valence-corrected chi connectivity index (χ2v) is 7.55. The van der Waals surface area contributed by atoms with Gasteiger partial charge < -0.3 is 9.64 Å². The van der Waals surface area contributed by atoms with Crippen LogP contribution in [0.5, 0.6) is 0 Å². The van der Waals surface area contributed by atoms with E-state index < -0.39 is 16.1 Å². The molecule has 1 aliphatic rings. The van der Waals surface area contributed by atoms with E-state index in [0.717, 1.165) is 24.8 Å². The molecule has 0 N–H and O–H groups in total. The van der Waals surface area contributed by atoms with E-state index in [4.69, 9.17) is 0 Å². The quantitative estimate of drug-likeness (QED) is 0.823. The third-order valence-electron chi connectivity index (χ3n) is 4.05. The number of ether oxygens (including phenoxy) is 1. The lowest BCUT2D eigenvalue weighted by molar-refractivity contribution is 0.108. The first kappa shape index (κ1) is 17.7. The van der Waals surface area contributed by atoms with Gasteiger partial charge in [0.1, 0.15) is 0 Å². The van der Waals surface area contributed by atoms with Crippen LogP contribution in [0.1, 0.15) is 25.3 Å². The minimum absolute atomic E-state index is 0.287. The molecule has 0 saturated carbocycles. The van der Waals surface area contributed by atoms with Gasteiger partial charge >= 0.3 is 6.09 Å². The van der Waals surface area contributed by atoms with E-state index in [1.165, 1.54) is 16.3 Å². The summed E-state index contributed by atoms with van der Waals surface area (Å²) in [7, 11) is -2.18. The van der Waals surface area contributed by atoms with Crippen molar-refractivity contribution in [1.29, 1.82) is 0 Å². The Kier molecular flexibility index (Phi) is 6.01. The van der Waals surface area contributed by atoms with E-state index in [2.05, 4.69) is 11.7 Å². The summed E-state index contributed by atoms with van der Waals surface area (Å²) in [6.45, 7) is 3.40. The molecule has 1 aliphatic heterocycles. The lowest BCUT2D eigenvalue weighted by Crippen LogP contribution is -2.50. The fraction of sp³-hybridized carbons (Fsp3) is 0.562. The van der Waals surface area contributed by atoms with E-state index in [-0.39, 0.29) is 13.1 Å². The lowest BCUT2D eigenvalue weighted by Gasteiger charge is -2.33. The molecule has 0 unspecified atom stereocenters. The van der Waals surface area contributed by atoms with Gasteiger partial charge in [0.2, 0.25) is 10.0 Å². The summed E-state index contributed by atoms with van der Waals surface area (Å²) in [4.78, 5) is 13.3. The van der Waals surface area contributed by atoms with E-state index in [0.29, 0.717) is 18.0 Å². The highest BCUT2D eigenvalue weighted by molar-refractivity contribution is 7.89. The molecular weight excluding hydrogens is 316 g/mol. The number of unbranched alkanes of at least 4 members (excludes halogenated alkanes) is 1. The molecule has 0 atom stereocenters. The maximum atomic E-state index is 12.6. The normalized spacial score (nSPS) is 16.3. The van der Waals surface area contributed by atoms with Crippen LogP contribution in [0.15, 0.2) is 29.2 Å². The molecular formula is C16H24N2O4S. The largest absolute Gasteiger partial charge is 0.453 e. The Balaban J connectivity index is 2.03. The Bertz CT molecular complexity index is 620. The van der Waals surface area contributed by atoms with Crippen molar-refractivity contribution in [3.8, 4) is 0 Å². The van der Waals surface area contributed by atoms with Crippen LogP contribution >= 0.6 is 0 Å². The van der Waals surface area contributed by atoms with E-state index in [1.54, 1.807) is 12.1 Å². The van der Waals surface area contributed by atoms with Crippen molar-refractivity contribution >= 4 is 16.1 Å². The summed E-state index contributed by atoms with van der Waals surface area (Å²) in [5.41, 5.74) is 1.15. The highest BCUT2D eigenvalue weighted by Crippen LogP contribution is 2.19. The smallest absolute Gasteiger partial charge is 0.409 e. The topological polar surface area (TPSA) is 66.9 Å². The Morgan fingerprint density at radius 3 is 2.26 bits per heavy atom. The van der Waals surface area contributed by atoms with Gasteiger partial charge in [0.15, 0.2) is 0 Å². The molecule has 23 heavy (non-hydrogen) atoms. The summed E-state index contributed by atoms with van der Waals surface area (Å²) in [6.07, 6.45) is 2.77. The number of carbonyl (C=O) groups is 1. The van der Waals surface area contributed by atoms with Crippen LogP contribution in [-0.2, 0) is 21.2 Å². The van der Waals surface area contributed by atoms with Gasteiger partial charge in [-0.05, 0) is 30.5 Å². The molecule has 1 amide bonds. The zero-order valence-electron chi connectivity index (χ0n) is 13.7. The van der Waals surface area contributed by atoms with E-state index >= 15 is 0 Å². The van der Waals surface area contributed by atoms with Crippen molar-refractivity contribution < 1.29 is 17.9 Å². The Morgan fingerprint density at radius 1 is 1.13 bits per heavy atom. The summed E-state index contributed by atoms with van der Waals surface area (Å²) < 4.78 is 31.4. The lowest BCUT2D eigenvalue weighted by atomic mass is 10.1. The second kappa shape index (κ2) is 7.79. The van der Waals surface area contributed by atoms with E-state index in [1.807, 2.05) is 12.1 Å². The van der Waals surface area contributed by atoms with Crippen LogP contribution in [-0.4, -0.2) is 57.0 Å². The summed E-state index contributed by atoms with van der Waals surface area (Å²) >= 11 is 0. The Hall–Kier alpha value is -1.60. The SMILES string of the molecule is CCCCc1ccc(S(=O)(=O)N2CCN(C(=O)OC)CC2)cc1. The van der Waals surface area contributed by atoms with Crippen molar-refractivity contribution in [1.82, 2.24) is 9.21 Å². The number of carbonyl (C=O) groups excluding carboxylic acids is 1. The highest BCUT2D eigenvalue weighted by Gasteiger charge is 2.30. The fourth-order valence-corrected chi connectivity index (χ4v) is 4.02. The first-order chi connectivity index (χ1) is 11.0. The van der Waals surface area contributed by atoms with Crippen molar-refractivity contribution in [3.63, 3.8) is 0 Å². The van der Waals surface area contributed by atoms with Crippen molar-refractivity contribution in [2.24, 2.45) is 0 Å². The van der Waals surface area contributed by atoms with Crippen LogP contribution < -0.4 is 0 Å². The molecule has 0 spiro atoms. The fourth-order valence-electron chi connectivity index (χ4n) is 2.60. The molecule has 0 aromatic heterocycles. The number of aryl methyl sites for hydroxylation is 1. The molecule has 128 valence electrons. The Morgan fingerprint density at radius 2 is 1.74 bits per heavy atom. The predicted molar refractivity (Wildman–Crippen MR) is 87.8 cm³/mol. The van der Waals surface area contributed by atoms with Gasteiger partial charge in [-0.25, -0.2) is 13.2 Å². The van der Waals surface area contributed by atoms with Crippen molar-refractivity contribution in [3.05, 3.63) is 29.8 Å². The van der Waals surface area contributed by atoms with Gasteiger partial charge in [0, 0.05) is 26.2 Å². The number of hydrogen-bond donors (Lipinski definition) is 0. The van der Waals surface area contributed by atoms with Crippen LogP contribution in [0.3, 0.4) is 0 Å². The monoisotopic (exact) mass is 340 g/mol. The van der Waals surface area contributed by atoms with Gasteiger partial charge in [0.25, 0.3) is 0 Å². The summed E-state index contributed by atoms with van der Waals surface area (Å²) in [6, 6.07) is 7.11. The first-order valence-corrected chi connectivity index (χ1v) is 9.35. The molecule has 1 heterocycles. The molecule has 0 aliphatic carbocycles. The molecule has 1 fully saturated rings. The second-order valence-electron chi connectivity index (χ2n) is 5.61. The molecule has 1 aromatic rings.